The van der Waals surface area contributed by atoms with E-state index in [9.17, 15) is 9.18 Å². The van der Waals surface area contributed by atoms with Gasteiger partial charge in [0.1, 0.15) is 10.7 Å². The molecule has 0 unspecified atom stereocenters. The number of rotatable bonds is 6. The van der Waals surface area contributed by atoms with Crippen LogP contribution in [0.15, 0.2) is 30.3 Å². The van der Waals surface area contributed by atoms with Gasteiger partial charge in [-0.15, -0.1) is 11.3 Å². The lowest BCUT2D eigenvalue weighted by molar-refractivity contribution is 0.0702. The van der Waals surface area contributed by atoms with Gasteiger partial charge in [-0.1, -0.05) is 12.1 Å². The fourth-order valence-corrected chi connectivity index (χ4v) is 2.83. The summed E-state index contributed by atoms with van der Waals surface area (Å²) in [6.45, 7) is 3.27. The van der Waals surface area contributed by atoms with Gasteiger partial charge in [-0.2, -0.15) is 0 Å². The Hall–Kier alpha value is -1.72. The van der Waals surface area contributed by atoms with Crippen molar-refractivity contribution in [1.82, 2.24) is 5.32 Å². The molecule has 2 N–H and O–H groups in total. The first-order valence-corrected chi connectivity index (χ1v) is 7.15. The molecule has 106 valence electrons. The second kappa shape index (κ2) is 6.63. The summed E-state index contributed by atoms with van der Waals surface area (Å²) < 4.78 is 13.0. The first kappa shape index (κ1) is 14.7. The van der Waals surface area contributed by atoms with Crippen molar-refractivity contribution in [2.75, 3.05) is 6.54 Å². The molecule has 20 heavy (non-hydrogen) atoms. The van der Waals surface area contributed by atoms with Crippen molar-refractivity contribution in [3.63, 3.8) is 0 Å². The van der Waals surface area contributed by atoms with Crippen molar-refractivity contribution in [2.24, 2.45) is 0 Å². The maximum absolute atomic E-state index is 13.0. The molecule has 0 aliphatic heterocycles. The van der Waals surface area contributed by atoms with Crippen LogP contribution >= 0.6 is 11.3 Å². The minimum absolute atomic E-state index is 0.220. The van der Waals surface area contributed by atoms with E-state index in [1.54, 1.807) is 12.1 Å². The standard InChI is InChI=1S/C15H16FNO2S/c1-10-12(8-14(20-10)15(18)19)9-17-6-5-11-3-2-4-13(16)7-11/h2-4,7-8,17H,5-6,9H2,1H3,(H,18,19). The molecule has 1 aromatic carbocycles. The maximum Gasteiger partial charge on any atom is 0.345 e. The van der Waals surface area contributed by atoms with E-state index in [1.807, 2.05) is 13.0 Å². The summed E-state index contributed by atoms with van der Waals surface area (Å²) in [6.07, 6.45) is 0.743. The van der Waals surface area contributed by atoms with Crippen LogP contribution in [-0.2, 0) is 13.0 Å². The van der Waals surface area contributed by atoms with Crippen molar-refractivity contribution < 1.29 is 14.3 Å². The Morgan fingerprint density at radius 3 is 2.85 bits per heavy atom. The summed E-state index contributed by atoms with van der Waals surface area (Å²) in [5.74, 6) is -1.11. The highest BCUT2D eigenvalue weighted by Crippen LogP contribution is 2.21. The molecule has 0 bridgehead atoms. The van der Waals surface area contributed by atoms with Gasteiger partial charge in [0.2, 0.25) is 0 Å². The second-order valence-electron chi connectivity index (χ2n) is 4.55. The van der Waals surface area contributed by atoms with Gasteiger partial charge < -0.3 is 10.4 Å². The maximum atomic E-state index is 13.0. The third-order valence-electron chi connectivity index (χ3n) is 3.03. The van der Waals surface area contributed by atoms with Crippen LogP contribution in [0.1, 0.15) is 25.7 Å². The average molecular weight is 293 g/mol. The Morgan fingerprint density at radius 2 is 2.20 bits per heavy atom. The summed E-state index contributed by atoms with van der Waals surface area (Å²) >= 11 is 1.29. The van der Waals surface area contributed by atoms with Crippen molar-refractivity contribution in [1.29, 1.82) is 0 Å². The van der Waals surface area contributed by atoms with Gasteiger partial charge in [0.15, 0.2) is 0 Å². The minimum Gasteiger partial charge on any atom is -0.477 e. The molecule has 0 amide bonds. The van der Waals surface area contributed by atoms with Crippen molar-refractivity contribution in [3.8, 4) is 0 Å². The van der Waals surface area contributed by atoms with Crippen molar-refractivity contribution >= 4 is 17.3 Å². The Kier molecular flexibility index (Phi) is 4.87. The number of carboxylic acid groups (broad SMARTS) is 1. The van der Waals surface area contributed by atoms with Gasteiger partial charge in [0, 0.05) is 11.4 Å². The van der Waals surface area contributed by atoms with E-state index in [4.69, 9.17) is 5.11 Å². The molecule has 2 aromatic rings. The number of thiophene rings is 1. The topological polar surface area (TPSA) is 49.3 Å². The molecule has 0 fully saturated rings. The van der Waals surface area contributed by atoms with Gasteiger partial charge in [-0.05, 0) is 49.2 Å². The highest BCUT2D eigenvalue weighted by molar-refractivity contribution is 7.14. The van der Waals surface area contributed by atoms with E-state index in [2.05, 4.69) is 5.32 Å². The number of carbonyl (C=O) groups is 1. The monoisotopic (exact) mass is 293 g/mol. The highest BCUT2D eigenvalue weighted by atomic mass is 32.1. The van der Waals surface area contributed by atoms with E-state index in [0.717, 1.165) is 29.0 Å². The molecule has 0 aliphatic carbocycles. The third kappa shape index (κ3) is 3.88. The largest absolute Gasteiger partial charge is 0.477 e. The Morgan fingerprint density at radius 1 is 1.40 bits per heavy atom. The lowest BCUT2D eigenvalue weighted by Gasteiger charge is -2.04. The zero-order chi connectivity index (χ0) is 14.5. The number of hydrogen-bond acceptors (Lipinski definition) is 3. The van der Waals surface area contributed by atoms with E-state index >= 15 is 0 Å². The number of aromatic carboxylic acids is 1. The first-order chi connectivity index (χ1) is 9.56. The summed E-state index contributed by atoms with van der Waals surface area (Å²) in [6, 6.07) is 8.26. The number of benzene rings is 1. The number of aryl methyl sites for hydroxylation is 1. The Balaban J connectivity index is 1.83. The molecule has 0 aliphatic rings. The van der Waals surface area contributed by atoms with Gasteiger partial charge >= 0.3 is 5.97 Å². The quantitative estimate of drug-likeness (QED) is 0.804. The number of nitrogens with one attached hydrogen (secondary N) is 1. The zero-order valence-electron chi connectivity index (χ0n) is 11.1. The van der Waals surface area contributed by atoms with Crippen LogP contribution < -0.4 is 5.32 Å². The predicted molar refractivity (Wildman–Crippen MR) is 77.8 cm³/mol. The molecular weight excluding hydrogens is 277 g/mol. The number of hydrogen-bond donors (Lipinski definition) is 2. The normalized spacial score (nSPS) is 10.7. The minimum atomic E-state index is -0.885. The van der Waals surface area contributed by atoms with Crippen LogP contribution in [0.25, 0.3) is 0 Å². The second-order valence-corrected chi connectivity index (χ2v) is 5.81. The molecule has 2 rings (SSSR count). The molecule has 0 atom stereocenters. The van der Waals surface area contributed by atoms with Gasteiger partial charge in [0.25, 0.3) is 0 Å². The first-order valence-electron chi connectivity index (χ1n) is 6.34. The zero-order valence-corrected chi connectivity index (χ0v) is 12.0. The SMILES string of the molecule is Cc1sc(C(=O)O)cc1CNCCc1cccc(F)c1. The molecule has 3 nitrogen and oxygen atoms in total. The van der Waals surface area contributed by atoms with Crippen LogP contribution in [0.3, 0.4) is 0 Å². The summed E-state index contributed by atoms with van der Waals surface area (Å²) in [4.78, 5) is 12.2. The van der Waals surface area contributed by atoms with E-state index in [-0.39, 0.29) is 5.82 Å². The van der Waals surface area contributed by atoms with Gasteiger partial charge in [-0.3, -0.25) is 0 Å². The van der Waals surface area contributed by atoms with Crippen molar-refractivity contribution in [3.05, 3.63) is 57.0 Å². The Bertz CT molecular complexity index is 610. The third-order valence-corrected chi connectivity index (χ3v) is 4.11. The van der Waals surface area contributed by atoms with Crippen LogP contribution in [0, 0.1) is 12.7 Å². The molecule has 1 heterocycles. The van der Waals surface area contributed by atoms with Crippen LogP contribution in [0.4, 0.5) is 4.39 Å². The molecule has 0 spiro atoms. The average Bonchev–Trinajstić information content (AvgIpc) is 2.77. The van der Waals surface area contributed by atoms with E-state index < -0.39 is 5.97 Å². The smallest absolute Gasteiger partial charge is 0.345 e. The van der Waals surface area contributed by atoms with Crippen molar-refractivity contribution in [2.45, 2.75) is 19.9 Å². The number of carboxylic acids is 1. The number of halogens is 1. The van der Waals surface area contributed by atoms with E-state index in [1.165, 1.54) is 23.5 Å². The molecule has 5 heteroatoms. The molecular formula is C15H16FNO2S. The van der Waals surface area contributed by atoms with Crippen LogP contribution in [-0.4, -0.2) is 17.6 Å². The Labute approximate surface area is 121 Å². The molecule has 0 saturated heterocycles. The van der Waals surface area contributed by atoms with Gasteiger partial charge in [-0.25, -0.2) is 9.18 Å². The predicted octanol–water partition coefficient (Wildman–Crippen LogP) is 3.23. The summed E-state index contributed by atoms with van der Waals surface area (Å²) in [7, 11) is 0. The fraction of sp³-hybridized carbons (Fsp3) is 0.267. The molecule has 0 radical (unpaired) electrons. The fourth-order valence-electron chi connectivity index (χ4n) is 1.95. The van der Waals surface area contributed by atoms with Crippen LogP contribution in [0.2, 0.25) is 0 Å². The van der Waals surface area contributed by atoms with E-state index in [0.29, 0.717) is 11.4 Å². The van der Waals surface area contributed by atoms with Crippen LogP contribution in [0.5, 0.6) is 0 Å². The summed E-state index contributed by atoms with van der Waals surface area (Å²) in [5, 5.41) is 12.2. The lowest BCUT2D eigenvalue weighted by Crippen LogP contribution is -2.16. The lowest BCUT2D eigenvalue weighted by atomic mass is 10.1. The summed E-state index contributed by atoms with van der Waals surface area (Å²) in [5.41, 5.74) is 1.96. The molecule has 0 saturated carbocycles. The molecule has 1 aromatic heterocycles. The highest BCUT2D eigenvalue weighted by Gasteiger charge is 2.10. The van der Waals surface area contributed by atoms with Gasteiger partial charge in [0.05, 0.1) is 0 Å².